The molecule has 0 amide bonds. The third-order valence-corrected chi connectivity index (χ3v) is 3.46. The Morgan fingerprint density at radius 1 is 1.56 bits per heavy atom. The number of carboxylic acid groups (broad SMARTS) is 1. The van der Waals surface area contributed by atoms with Gasteiger partial charge in [-0.2, -0.15) is 0 Å². The first-order valence-electron chi connectivity index (χ1n) is 6.97. The Labute approximate surface area is 109 Å². The number of carbonyl (C=O) groups is 1. The van der Waals surface area contributed by atoms with Crippen LogP contribution in [0.15, 0.2) is 0 Å². The fraction of sp³-hybridized carbons (Fsp3) is 0.923. The molecule has 5 heteroatoms. The second-order valence-corrected chi connectivity index (χ2v) is 4.81. The summed E-state index contributed by atoms with van der Waals surface area (Å²) in [7, 11) is 0. The van der Waals surface area contributed by atoms with Gasteiger partial charge in [0.1, 0.15) is 6.04 Å². The molecular weight excluding hydrogens is 232 g/mol. The largest absolute Gasteiger partial charge is 0.480 e. The SMILES string of the molecule is CCCNC(CCN1CCOCC1CC)C(=O)O. The summed E-state index contributed by atoms with van der Waals surface area (Å²) in [5.74, 6) is -0.746. The number of hydrogen-bond acceptors (Lipinski definition) is 4. The van der Waals surface area contributed by atoms with Gasteiger partial charge < -0.3 is 15.2 Å². The third-order valence-electron chi connectivity index (χ3n) is 3.46. The van der Waals surface area contributed by atoms with Gasteiger partial charge in [0.2, 0.25) is 0 Å². The molecule has 0 bridgehead atoms. The third kappa shape index (κ3) is 4.92. The van der Waals surface area contributed by atoms with Crippen LogP contribution in [-0.4, -0.2) is 60.9 Å². The summed E-state index contributed by atoms with van der Waals surface area (Å²) in [5, 5.41) is 12.2. The van der Waals surface area contributed by atoms with Crippen LogP contribution in [0.2, 0.25) is 0 Å². The molecule has 0 aromatic rings. The van der Waals surface area contributed by atoms with Crippen molar-refractivity contribution in [3.05, 3.63) is 0 Å². The predicted molar refractivity (Wildman–Crippen MR) is 70.8 cm³/mol. The summed E-state index contributed by atoms with van der Waals surface area (Å²) in [4.78, 5) is 13.5. The second-order valence-electron chi connectivity index (χ2n) is 4.81. The molecule has 2 atom stereocenters. The average Bonchev–Trinajstić information content (AvgIpc) is 2.38. The minimum Gasteiger partial charge on any atom is -0.480 e. The van der Waals surface area contributed by atoms with E-state index in [-0.39, 0.29) is 0 Å². The van der Waals surface area contributed by atoms with E-state index in [1.807, 2.05) is 6.92 Å². The lowest BCUT2D eigenvalue weighted by molar-refractivity contribution is -0.139. The van der Waals surface area contributed by atoms with Crippen LogP contribution in [-0.2, 0) is 9.53 Å². The maximum atomic E-state index is 11.1. The first-order valence-corrected chi connectivity index (χ1v) is 6.97. The zero-order valence-corrected chi connectivity index (χ0v) is 11.5. The Balaban J connectivity index is 2.37. The monoisotopic (exact) mass is 258 g/mol. The zero-order chi connectivity index (χ0) is 13.4. The normalized spacial score (nSPS) is 22.9. The molecule has 5 nitrogen and oxygen atoms in total. The van der Waals surface area contributed by atoms with Gasteiger partial charge in [-0.3, -0.25) is 9.69 Å². The molecule has 0 aromatic carbocycles. The number of aliphatic carboxylic acids is 1. The van der Waals surface area contributed by atoms with Gasteiger partial charge in [0.15, 0.2) is 0 Å². The number of morpholine rings is 1. The lowest BCUT2D eigenvalue weighted by Gasteiger charge is -2.35. The van der Waals surface area contributed by atoms with Crippen LogP contribution in [0.1, 0.15) is 33.1 Å². The quantitative estimate of drug-likeness (QED) is 0.678. The van der Waals surface area contributed by atoms with E-state index in [0.29, 0.717) is 12.5 Å². The van der Waals surface area contributed by atoms with Crippen LogP contribution in [0.25, 0.3) is 0 Å². The molecule has 0 radical (unpaired) electrons. The van der Waals surface area contributed by atoms with Crippen LogP contribution >= 0.6 is 0 Å². The van der Waals surface area contributed by atoms with Gasteiger partial charge in [0.05, 0.1) is 13.2 Å². The fourth-order valence-corrected chi connectivity index (χ4v) is 2.29. The summed E-state index contributed by atoms with van der Waals surface area (Å²) < 4.78 is 5.45. The maximum Gasteiger partial charge on any atom is 0.320 e. The van der Waals surface area contributed by atoms with E-state index in [0.717, 1.165) is 45.7 Å². The van der Waals surface area contributed by atoms with E-state index in [9.17, 15) is 4.79 Å². The van der Waals surface area contributed by atoms with Crippen molar-refractivity contribution >= 4 is 5.97 Å². The summed E-state index contributed by atoms with van der Waals surface area (Å²) in [6.07, 6.45) is 2.67. The molecule has 1 aliphatic rings. The van der Waals surface area contributed by atoms with Crippen molar-refractivity contribution in [2.75, 3.05) is 32.8 Å². The van der Waals surface area contributed by atoms with Crippen molar-refractivity contribution in [3.8, 4) is 0 Å². The van der Waals surface area contributed by atoms with Gasteiger partial charge in [-0.05, 0) is 25.8 Å². The van der Waals surface area contributed by atoms with E-state index in [4.69, 9.17) is 9.84 Å². The average molecular weight is 258 g/mol. The van der Waals surface area contributed by atoms with E-state index in [1.165, 1.54) is 0 Å². The summed E-state index contributed by atoms with van der Waals surface area (Å²) >= 11 is 0. The first kappa shape index (κ1) is 15.4. The molecule has 1 rings (SSSR count). The van der Waals surface area contributed by atoms with Gasteiger partial charge in [-0.25, -0.2) is 0 Å². The molecule has 1 aliphatic heterocycles. The molecule has 2 unspecified atom stereocenters. The molecule has 18 heavy (non-hydrogen) atoms. The van der Waals surface area contributed by atoms with E-state index in [1.54, 1.807) is 0 Å². The van der Waals surface area contributed by atoms with Crippen LogP contribution in [0.5, 0.6) is 0 Å². The van der Waals surface area contributed by atoms with Crippen molar-refractivity contribution in [1.29, 1.82) is 0 Å². The van der Waals surface area contributed by atoms with E-state index in [2.05, 4.69) is 17.1 Å². The number of ether oxygens (including phenoxy) is 1. The standard InChI is InChI=1S/C13H26N2O3/c1-3-6-14-12(13(16)17)5-7-15-8-9-18-10-11(15)4-2/h11-12,14H,3-10H2,1-2H3,(H,16,17). The molecule has 1 fully saturated rings. The minimum absolute atomic E-state index is 0.426. The van der Waals surface area contributed by atoms with Crippen molar-refractivity contribution in [3.63, 3.8) is 0 Å². The van der Waals surface area contributed by atoms with Crippen molar-refractivity contribution in [2.45, 2.75) is 45.2 Å². The van der Waals surface area contributed by atoms with Crippen molar-refractivity contribution in [1.82, 2.24) is 10.2 Å². The van der Waals surface area contributed by atoms with Crippen molar-refractivity contribution < 1.29 is 14.6 Å². The molecule has 1 heterocycles. The highest BCUT2D eigenvalue weighted by atomic mass is 16.5. The van der Waals surface area contributed by atoms with Gasteiger partial charge in [-0.15, -0.1) is 0 Å². The maximum absolute atomic E-state index is 11.1. The van der Waals surface area contributed by atoms with Gasteiger partial charge in [-0.1, -0.05) is 13.8 Å². The highest BCUT2D eigenvalue weighted by Crippen LogP contribution is 2.11. The van der Waals surface area contributed by atoms with Crippen LogP contribution in [0.3, 0.4) is 0 Å². The summed E-state index contributed by atoms with van der Waals surface area (Å²) in [5.41, 5.74) is 0. The summed E-state index contributed by atoms with van der Waals surface area (Å²) in [6, 6.07) is 0.0182. The first-order chi connectivity index (χ1) is 8.69. The smallest absolute Gasteiger partial charge is 0.320 e. The van der Waals surface area contributed by atoms with Crippen LogP contribution in [0, 0.1) is 0 Å². The van der Waals surface area contributed by atoms with Gasteiger partial charge in [0.25, 0.3) is 0 Å². The summed E-state index contributed by atoms with van der Waals surface area (Å²) in [6.45, 7) is 8.23. The lowest BCUT2D eigenvalue weighted by Crippen LogP contribution is -2.48. The molecular formula is C13H26N2O3. The predicted octanol–water partition coefficient (Wildman–Crippen LogP) is 0.940. The number of nitrogens with zero attached hydrogens (tertiary/aromatic N) is 1. The molecule has 0 saturated carbocycles. The molecule has 0 spiro atoms. The van der Waals surface area contributed by atoms with Gasteiger partial charge >= 0.3 is 5.97 Å². The zero-order valence-electron chi connectivity index (χ0n) is 11.5. The number of hydrogen-bond donors (Lipinski definition) is 2. The van der Waals surface area contributed by atoms with Crippen molar-refractivity contribution in [2.24, 2.45) is 0 Å². The molecule has 106 valence electrons. The Kier molecular flexibility index (Phi) is 7.23. The Morgan fingerprint density at radius 2 is 2.33 bits per heavy atom. The Morgan fingerprint density at radius 3 is 2.94 bits per heavy atom. The molecule has 0 aromatic heterocycles. The van der Waals surface area contributed by atoms with E-state index < -0.39 is 12.0 Å². The topological polar surface area (TPSA) is 61.8 Å². The van der Waals surface area contributed by atoms with Crippen LogP contribution < -0.4 is 5.32 Å². The highest BCUT2D eigenvalue weighted by molar-refractivity contribution is 5.73. The Bertz CT molecular complexity index is 248. The van der Waals surface area contributed by atoms with E-state index >= 15 is 0 Å². The molecule has 2 N–H and O–H groups in total. The fourth-order valence-electron chi connectivity index (χ4n) is 2.29. The highest BCUT2D eigenvalue weighted by Gasteiger charge is 2.23. The Hall–Kier alpha value is -0.650. The molecule has 0 aliphatic carbocycles. The second kappa shape index (κ2) is 8.45. The number of carboxylic acids is 1. The lowest BCUT2D eigenvalue weighted by atomic mass is 10.1. The molecule has 1 saturated heterocycles. The van der Waals surface area contributed by atoms with Crippen LogP contribution in [0.4, 0.5) is 0 Å². The number of rotatable bonds is 8. The van der Waals surface area contributed by atoms with Gasteiger partial charge in [0, 0.05) is 19.1 Å². The minimum atomic E-state index is -0.746. The number of nitrogens with one attached hydrogen (secondary N) is 1.